The van der Waals surface area contributed by atoms with Crippen molar-refractivity contribution in [3.05, 3.63) is 28.8 Å². The summed E-state index contributed by atoms with van der Waals surface area (Å²) < 4.78 is 5.21. The molecule has 102 valence electrons. The zero-order chi connectivity index (χ0) is 13.7. The van der Waals surface area contributed by atoms with Gasteiger partial charge in [-0.2, -0.15) is 0 Å². The second kappa shape index (κ2) is 6.76. The quantitative estimate of drug-likeness (QED) is 0.844. The van der Waals surface area contributed by atoms with E-state index in [0.29, 0.717) is 11.8 Å². The van der Waals surface area contributed by atoms with Crippen molar-refractivity contribution in [3.63, 3.8) is 0 Å². The first-order valence-electron chi connectivity index (χ1n) is 6.51. The highest BCUT2D eigenvalue weighted by molar-refractivity contribution is 5.42. The molecule has 0 radical (unpaired) electrons. The van der Waals surface area contributed by atoms with E-state index in [-0.39, 0.29) is 0 Å². The van der Waals surface area contributed by atoms with Gasteiger partial charge < -0.3 is 9.84 Å². The molecule has 0 aromatic heterocycles. The Morgan fingerprint density at radius 2 is 1.83 bits per heavy atom. The standard InChI is InChI=1S/C15H25NO2/c1-6-16(13(4)10-18-5)9-14-7-11(2)15(17)12(3)8-14/h7-8,13,17H,6,9-10H2,1-5H3. The van der Waals surface area contributed by atoms with E-state index in [1.807, 2.05) is 13.8 Å². The fraction of sp³-hybridized carbons (Fsp3) is 0.600. The molecule has 1 unspecified atom stereocenters. The Bertz CT molecular complexity index is 367. The summed E-state index contributed by atoms with van der Waals surface area (Å²) in [6.07, 6.45) is 0. The molecular formula is C15H25NO2. The Morgan fingerprint density at radius 1 is 1.28 bits per heavy atom. The van der Waals surface area contributed by atoms with Crippen molar-refractivity contribution < 1.29 is 9.84 Å². The van der Waals surface area contributed by atoms with E-state index >= 15 is 0 Å². The molecule has 0 bridgehead atoms. The molecule has 0 aliphatic rings. The van der Waals surface area contributed by atoms with Crippen molar-refractivity contribution in [2.24, 2.45) is 0 Å². The van der Waals surface area contributed by atoms with E-state index in [4.69, 9.17) is 4.74 Å². The molecule has 1 aromatic rings. The molecule has 3 heteroatoms. The average Bonchev–Trinajstić information content (AvgIpc) is 2.33. The fourth-order valence-corrected chi connectivity index (χ4v) is 2.30. The second-order valence-corrected chi connectivity index (χ2v) is 4.95. The van der Waals surface area contributed by atoms with Gasteiger partial charge in [0.05, 0.1) is 6.61 Å². The zero-order valence-corrected chi connectivity index (χ0v) is 12.2. The van der Waals surface area contributed by atoms with E-state index in [1.165, 1.54) is 5.56 Å². The molecular weight excluding hydrogens is 226 g/mol. The molecule has 0 amide bonds. The third-order valence-electron chi connectivity index (χ3n) is 3.37. The van der Waals surface area contributed by atoms with Gasteiger partial charge in [0, 0.05) is 19.7 Å². The molecule has 0 saturated carbocycles. The monoisotopic (exact) mass is 251 g/mol. The number of aryl methyl sites for hydroxylation is 2. The number of likely N-dealkylation sites (N-methyl/N-ethyl adjacent to an activating group) is 1. The molecule has 0 fully saturated rings. The molecule has 0 saturated heterocycles. The van der Waals surface area contributed by atoms with Gasteiger partial charge in [-0.25, -0.2) is 0 Å². The topological polar surface area (TPSA) is 32.7 Å². The third kappa shape index (κ3) is 3.72. The van der Waals surface area contributed by atoms with E-state index in [2.05, 4.69) is 30.9 Å². The molecule has 0 aliphatic carbocycles. The molecule has 0 heterocycles. The number of ether oxygens (including phenoxy) is 1. The Kier molecular flexibility index (Phi) is 5.63. The number of phenolic OH excluding ortho intramolecular Hbond substituents is 1. The van der Waals surface area contributed by atoms with Crippen LogP contribution >= 0.6 is 0 Å². The highest BCUT2D eigenvalue weighted by Crippen LogP contribution is 2.23. The van der Waals surface area contributed by atoms with Crippen LogP contribution in [0.2, 0.25) is 0 Å². The van der Waals surface area contributed by atoms with Crippen LogP contribution in [0.1, 0.15) is 30.5 Å². The Labute approximate surface area is 110 Å². The number of phenols is 1. The lowest BCUT2D eigenvalue weighted by atomic mass is 10.0. The van der Waals surface area contributed by atoms with E-state index in [9.17, 15) is 5.11 Å². The highest BCUT2D eigenvalue weighted by Gasteiger charge is 2.13. The van der Waals surface area contributed by atoms with Crippen LogP contribution in [0.25, 0.3) is 0 Å². The minimum atomic E-state index is 0.398. The van der Waals surface area contributed by atoms with Crippen LogP contribution in [-0.4, -0.2) is 36.3 Å². The molecule has 18 heavy (non-hydrogen) atoms. The molecule has 0 spiro atoms. The molecule has 1 rings (SSSR count). The SMILES string of the molecule is CCN(Cc1cc(C)c(O)c(C)c1)C(C)COC. The number of hydrogen-bond acceptors (Lipinski definition) is 3. The summed E-state index contributed by atoms with van der Waals surface area (Å²) in [4.78, 5) is 2.37. The molecule has 1 atom stereocenters. The number of rotatable bonds is 6. The van der Waals surface area contributed by atoms with Crippen molar-refractivity contribution in [1.82, 2.24) is 4.90 Å². The van der Waals surface area contributed by atoms with Crippen molar-refractivity contribution in [1.29, 1.82) is 0 Å². The van der Waals surface area contributed by atoms with Gasteiger partial charge in [0.1, 0.15) is 5.75 Å². The first-order chi connectivity index (χ1) is 8.49. The van der Waals surface area contributed by atoms with Gasteiger partial charge in [-0.15, -0.1) is 0 Å². The molecule has 1 aromatic carbocycles. The van der Waals surface area contributed by atoms with Crippen LogP contribution in [0.15, 0.2) is 12.1 Å². The van der Waals surface area contributed by atoms with Crippen molar-refractivity contribution in [2.75, 3.05) is 20.3 Å². The maximum absolute atomic E-state index is 9.78. The molecule has 1 N–H and O–H groups in total. The van der Waals surface area contributed by atoms with Crippen molar-refractivity contribution in [2.45, 2.75) is 40.3 Å². The summed E-state index contributed by atoms with van der Waals surface area (Å²) >= 11 is 0. The normalized spacial score (nSPS) is 13.0. The lowest BCUT2D eigenvalue weighted by Gasteiger charge is -2.27. The van der Waals surface area contributed by atoms with Crippen LogP contribution in [0.4, 0.5) is 0 Å². The largest absolute Gasteiger partial charge is 0.507 e. The maximum Gasteiger partial charge on any atom is 0.121 e. The minimum absolute atomic E-state index is 0.398. The van der Waals surface area contributed by atoms with Crippen molar-refractivity contribution in [3.8, 4) is 5.75 Å². The van der Waals surface area contributed by atoms with Crippen LogP contribution in [-0.2, 0) is 11.3 Å². The van der Waals surface area contributed by atoms with Crippen LogP contribution in [0, 0.1) is 13.8 Å². The Balaban J connectivity index is 2.82. The second-order valence-electron chi connectivity index (χ2n) is 4.95. The number of hydrogen-bond donors (Lipinski definition) is 1. The first-order valence-corrected chi connectivity index (χ1v) is 6.51. The van der Waals surface area contributed by atoms with E-state index in [0.717, 1.165) is 30.8 Å². The van der Waals surface area contributed by atoms with E-state index in [1.54, 1.807) is 7.11 Å². The fourth-order valence-electron chi connectivity index (χ4n) is 2.30. The molecule has 0 aliphatic heterocycles. The smallest absolute Gasteiger partial charge is 0.121 e. The molecule has 3 nitrogen and oxygen atoms in total. The third-order valence-corrected chi connectivity index (χ3v) is 3.37. The van der Waals surface area contributed by atoms with Gasteiger partial charge in [0.25, 0.3) is 0 Å². The van der Waals surface area contributed by atoms with Gasteiger partial charge in [-0.1, -0.05) is 19.1 Å². The van der Waals surface area contributed by atoms with Crippen LogP contribution < -0.4 is 0 Å². The Morgan fingerprint density at radius 3 is 2.28 bits per heavy atom. The zero-order valence-electron chi connectivity index (χ0n) is 12.2. The summed E-state index contributed by atoms with van der Waals surface area (Å²) in [5, 5.41) is 9.78. The predicted molar refractivity (Wildman–Crippen MR) is 75.0 cm³/mol. The van der Waals surface area contributed by atoms with Crippen molar-refractivity contribution >= 4 is 0 Å². The number of benzene rings is 1. The lowest BCUT2D eigenvalue weighted by molar-refractivity contribution is 0.0982. The van der Waals surface area contributed by atoms with Gasteiger partial charge in [-0.05, 0) is 44.0 Å². The van der Waals surface area contributed by atoms with E-state index < -0.39 is 0 Å². The number of methoxy groups -OCH3 is 1. The van der Waals surface area contributed by atoms with Crippen LogP contribution in [0.3, 0.4) is 0 Å². The highest BCUT2D eigenvalue weighted by atomic mass is 16.5. The summed E-state index contributed by atoms with van der Waals surface area (Å²) in [7, 11) is 1.74. The number of aromatic hydroxyl groups is 1. The van der Waals surface area contributed by atoms with Gasteiger partial charge >= 0.3 is 0 Å². The summed E-state index contributed by atoms with van der Waals surface area (Å²) in [5.74, 6) is 0.409. The average molecular weight is 251 g/mol. The van der Waals surface area contributed by atoms with Crippen LogP contribution in [0.5, 0.6) is 5.75 Å². The summed E-state index contributed by atoms with van der Waals surface area (Å²) in [6, 6.07) is 4.52. The summed E-state index contributed by atoms with van der Waals surface area (Å²) in [5.41, 5.74) is 3.13. The maximum atomic E-state index is 9.78. The van der Waals surface area contributed by atoms with Gasteiger partial charge in [0.2, 0.25) is 0 Å². The Hall–Kier alpha value is -1.06. The minimum Gasteiger partial charge on any atom is -0.507 e. The van der Waals surface area contributed by atoms with Gasteiger partial charge in [-0.3, -0.25) is 4.90 Å². The lowest BCUT2D eigenvalue weighted by Crippen LogP contribution is -2.35. The summed E-state index contributed by atoms with van der Waals surface area (Å²) in [6.45, 7) is 10.8. The number of nitrogens with zero attached hydrogens (tertiary/aromatic N) is 1. The van der Waals surface area contributed by atoms with Gasteiger partial charge in [0.15, 0.2) is 0 Å². The predicted octanol–water partition coefficient (Wildman–Crippen LogP) is 2.87. The first kappa shape index (κ1) is 15.0.